The average molecular weight is 517 g/mol. The number of hydrogen-bond donors (Lipinski definition) is 3. The van der Waals surface area contributed by atoms with Gasteiger partial charge in [-0.2, -0.15) is 0 Å². The van der Waals surface area contributed by atoms with Gasteiger partial charge < -0.3 is 20.9 Å². The topological polar surface area (TPSA) is 99.2 Å². The molecule has 2 aliphatic rings. The molecule has 0 bridgehead atoms. The highest BCUT2D eigenvalue weighted by Crippen LogP contribution is 2.40. The Morgan fingerprint density at radius 1 is 1.03 bits per heavy atom. The van der Waals surface area contributed by atoms with Crippen LogP contribution in [-0.4, -0.2) is 71.5 Å². The second-order valence-corrected chi connectivity index (χ2v) is 9.85. The average Bonchev–Trinajstić information content (AvgIpc) is 3.75. The number of nitrogens with zero attached hydrogens (tertiary/aromatic N) is 3. The van der Waals surface area contributed by atoms with Gasteiger partial charge in [0.05, 0.1) is 0 Å². The smallest absolute Gasteiger partial charge is 0.251 e. The molecule has 5 rings (SSSR count). The Morgan fingerprint density at radius 2 is 1.74 bits per heavy atom. The molecule has 8 nitrogen and oxygen atoms in total. The Hall–Kier alpha value is -3.69. The van der Waals surface area contributed by atoms with Gasteiger partial charge in [-0.15, -0.1) is 0 Å². The number of carbonyl (C=O) groups is 2. The van der Waals surface area contributed by atoms with Crippen molar-refractivity contribution >= 4 is 11.8 Å². The van der Waals surface area contributed by atoms with E-state index in [9.17, 15) is 14.0 Å². The third kappa shape index (κ3) is 6.59. The molecule has 3 N–H and O–H groups in total. The zero-order chi connectivity index (χ0) is 26.3. The van der Waals surface area contributed by atoms with Gasteiger partial charge in [0, 0.05) is 61.7 Å². The summed E-state index contributed by atoms with van der Waals surface area (Å²) < 4.78 is 13.2. The van der Waals surface area contributed by atoms with Crippen LogP contribution in [0.25, 0.3) is 11.4 Å². The highest BCUT2D eigenvalue weighted by atomic mass is 19.1. The molecular formula is C29H33FN6O2. The second-order valence-electron chi connectivity index (χ2n) is 9.85. The molecule has 2 heterocycles. The summed E-state index contributed by atoms with van der Waals surface area (Å²) in [5, 5.41) is 9.80. The molecule has 3 atom stereocenters. The van der Waals surface area contributed by atoms with Crippen LogP contribution in [0.5, 0.6) is 0 Å². The summed E-state index contributed by atoms with van der Waals surface area (Å²) in [4.78, 5) is 36.7. The number of piperazine rings is 1. The second kappa shape index (κ2) is 12.2. The molecule has 0 spiro atoms. The van der Waals surface area contributed by atoms with Crippen molar-refractivity contribution in [3.8, 4) is 11.4 Å². The molecule has 9 heteroatoms. The van der Waals surface area contributed by atoms with Crippen molar-refractivity contribution in [3.05, 3.63) is 83.9 Å². The van der Waals surface area contributed by atoms with Gasteiger partial charge in [-0.25, -0.2) is 14.4 Å². The van der Waals surface area contributed by atoms with Gasteiger partial charge in [0.25, 0.3) is 5.91 Å². The third-order valence-electron chi connectivity index (χ3n) is 7.17. The van der Waals surface area contributed by atoms with Gasteiger partial charge in [-0.1, -0.05) is 24.3 Å². The summed E-state index contributed by atoms with van der Waals surface area (Å²) in [7, 11) is 0. The predicted molar refractivity (Wildman–Crippen MR) is 143 cm³/mol. The lowest BCUT2D eigenvalue weighted by Crippen LogP contribution is -2.54. The molecule has 3 aromatic rings. The Kier molecular flexibility index (Phi) is 8.35. The van der Waals surface area contributed by atoms with Crippen molar-refractivity contribution in [3.63, 3.8) is 0 Å². The van der Waals surface area contributed by atoms with Crippen molar-refractivity contribution in [1.29, 1.82) is 0 Å². The van der Waals surface area contributed by atoms with Crippen LogP contribution in [0.2, 0.25) is 0 Å². The van der Waals surface area contributed by atoms with E-state index in [4.69, 9.17) is 0 Å². The quantitative estimate of drug-likeness (QED) is 0.359. The molecule has 1 saturated carbocycles. The maximum Gasteiger partial charge on any atom is 0.251 e. The number of carbonyl (C=O) groups excluding carboxylic acids is 2. The maximum atomic E-state index is 13.3. The lowest BCUT2D eigenvalue weighted by atomic mass is 10.1. The van der Waals surface area contributed by atoms with Gasteiger partial charge in [-0.3, -0.25) is 9.59 Å². The lowest BCUT2D eigenvalue weighted by molar-refractivity contribution is -0.134. The number of benzene rings is 2. The Labute approximate surface area is 222 Å². The number of aromatic nitrogens is 2. The molecule has 2 fully saturated rings. The van der Waals surface area contributed by atoms with E-state index in [1.165, 1.54) is 12.1 Å². The first-order valence-corrected chi connectivity index (χ1v) is 13.2. The van der Waals surface area contributed by atoms with Crippen LogP contribution in [0.3, 0.4) is 0 Å². The van der Waals surface area contributed by atoms with E-state index in [1.807, 2.05) is 29.2 Å². The van der Waals surface area contributed by atoms with Gasteiger partial charge in [0.1, 0.15) is 11.9 Å². The molecule has 1 aliphatic heterocycles. The van der Waals surface area contributed by atoms with Gasteiger partial charge in [-0.05, 0) is 61.7 Å². The molecule has 1 unspecified atom stereocenters. The van der Waals surface area contributed by atoms with Crippen molar-refractivity contribution in [2.45, 2.75) is 37.3 Å². The first-order valence-electron chi connectivity index (χ1n) is 13.2. The molecule has 38 heavy (non-hydrogen) atoms. The number of nitrogens with one attached hydrogen (secondary N) is 3. The van der Waals surface area contributed by atoms with Crippen LogP contribution in [-0.2, 0) is 4.79 Å². The van der Waals surface area contributed by atoms with Crippen LogP contribution in [0.15, 0.2) is 67.0 Å². The summed E-state index contributed by atoms with van der Waals surface area (Å²) >= 11 is 0. The monoisotopic (exact) mass is 516 g/mol. The third-order valence-corrected chi connectivity index (χ3v) is 7.17. The van der Waals surface area contributed by atoms with Crippen LogP contribution < -0.4 is 16.0 Å². The number of rotatable bonds is 10. The van der Waals surface area contributed by atoms with Crippen LogP contribution in [0.4, 0.5) is 4.39 Å². The fraction of sp³-hybridized carbons (Fsp3) is 0.379. The van der Waals surface area contributed by atoms with Gasteiger partial charge in [0.15, 0.2) is 5.82 Å². The molecular weight excluding hydrogens is 483 g/mol. The molecule has 198 valence electrons. The predicted octanol–water partition coefficient (Wildman–Crippen LogP) is 2.74. The summed E-state index contributed by atoms with van der Waals surface area (Å²) in [5.74, 6) is 0.464. The van der Waals surface area contributed by atoms with Gasteiger partial charge >= 0.3 is 0 Å². The van der Waals surface area contributed by atoms with E-state index in [2.05, 4.69) is 25.9 Å². The Bertz CT molecular complexity index is 1220. The van der Waals surface area contributed by atoms with Crippen molar-refractivity contribution in [1.82, 2.24) is 30.8 Å². The van der Waals surface area contributed by atoms with Gasteiger partial charge in [0.2, 0.25) is 5.91 Å². The largest absolute Gasteiger partial charge is 0.340 e. The number of hydrogen-bond acceptors (Lipinski definition) is 6. The fourth-order valence-electron chi connectivity index (χ4n) is 4.92. The Morgan fingerprint density at radius 3 is 2.45 bits per heavy atom. The maximum absolute atomic E-state index is 13.3. The zero-order valence-electron chi connectivity index (χ0n) is 21.3. The van der Waals surface area contributed by atoms with E-state index in [0.29, 0.717) is 42.9 Å². The van der Waals surface area contributed by atoms with E-state index < -0.39 is 6.04 Å². The van der Waals surface area contributed by atoms with Crippen molar-refractivity contribution in [2.75, 3.05) is 32.7 Å². The summed E-state index contributed by atoms with van der Waals surface area (Å²) in [6.07, 6.45) is 5.67. The number of halogens is 1. The van der Waals surface area contributed by atoms with E-state index in [-0.39, 0.29) is 17.6 Å². The minimum absolute atomic E-state index is 0.0373. The zero-order valence-corrected chi connectivity index (χ0v) is 21.3. The minimum Gasteiger partial charge on any atom is -0.340 e. The summed E-state index contributed by atoms with van der Waals surface area (Å²) in [6.45, 7) is 3.52. The standard InChI is InChI=1S/C29H33FN6O2/c30-23-10-8-20(9-11-23)24-19-26(24)32-12-1-3-25(29(38)36-17-15-31-16-18-36)35-28(37)22-6-4-21(5-7-22)27-33-13-2-14-34-27/h2,4-11,13-14,24-26,31-32H,1,3,12,15-19H2,(H,35,37)/t24-,25?,26+/m0/s1. The lowest BCUT2D eigenvalue weighted by Gasteiger charge is -2.31. The summed E-state index contributed by atoms with van der Waals surface area (Å²) in [6, 6.07) is 15.3. The first kappa shape index (κ1) is 25.9. The number of amides is 2. The van der Waals surface area contributed by atoms with E-state index in [1.54, 1.807) is 30.6 Å². The molecule has 1 saturated heterocycles. The molecule has 1 aromatic heterocycles. The van der Waals surface area contributed by atoms with Crippen LogP contribution >= 0.6 is 0 Å². The molecule has 0 radical (unpaired) electrons. The fourth-order valence-corrected chi connectivity index (χ4v) is 4.92. The van der Waals surface area contributed by atoms with Crippen molar-refractivity contribution < 1.29 is 14.0 Å². The molecule has 2 amide bonds. The highest BCUT2D eigenvalue weighted by Gasteiger charge is 2.37. The molecule has 1 aliphatic carbocycles. The minimum atomic E-state index is -0.591. The van der Waals surface area contributed by atoms with Crippen LogP contribution in [0.1, 0.15) is 41.1 Å². The normalized spacial score (nSPS) is 19.6. The van der Waals surface area contributed by atoms with Crippen LogP contribution in [0, 0.1) is 5.82 Å². The van der Waals surface area contributed by atoms with E-state index >= 15 is 0 Å². The Balaban J connectivity index is 1.16. The van der Waals surface area contributed by atoms with E-state index in [0.717, 1.165) is 43.6 Å². The van der Waals surface area contributed by atoms with Crippen molar-refractivity contribution in [2.24, 2.45) is 0 Å². The summed E-state index contributed by atoms with van der Waals surface area (Å²) in [5.41, 5.74) is 2.45. The SMILES string of the molecule is O=C(NC(CCCN[C@@H]1C[C@H]1c1ccc(F)cc1)C(=O)N1CCNCC1)c1ccc(-c2ncccn2)cc1. The molecule has 2 aromatic carbocycles. The first-order chi connectivity index (χ1) is 18.6. The highest BCUT2D eigenvalue weighted by molar-refractivity contribution is 5.97.